The van der Waals surface area contributed by atoms with Gasteiger partial charge in [-0.25, -0.2) is 0 Å². The molecule has 0 radical (unpaired) electrons. The van der Waals surface area contributed by atoms with Crippen molar-refractivity contribution in [1.29, 1.82) is 0 Å². The molecule has 0 saturated heterocycles. The third-order valence-corrected chi connectivity index (χ3v) is 3.46. The molecule has 0 saturated carbocycles. The number of rotatable bonds is 8. The van der Waals surface area contributed by atoms with E-state index in [2.05, 4.69) is 0 Å². The lowest BCUT2D eigenvalue weighted by Gasteiger charge is -2.23. The van der Waals surface area contributed by atoms with E-state index in [0.29, 0.717) is 11.1 Å². The Balaban J connectivity index is 2.34. The molecule has 0 heterocycles. The van der Waals surface area contributed by atoms with Crippen molar-refractivity contribution in [2.45, 2.75) is 12.2 Å². The summed E-state index contributed by atoms with van der Waals surface area (Å²) in [6, 6.07) is 18.0. The van der Waals surface area contributed by atoms with Crippen LogP contribution in [0, 0.1) is 0 Å². The Morgan fingerprint density at radius 3 is 1.39 bits per heavy atom. The first kappa shape index (κ1) is 17.0. The lowest BCUT2D eigenvalue weighted by Crippen LogP contribution is -2.30. The molecule has 2 aromatic carbocycles. The van der Waals surface area contributed by atoms with Crippen LogP contribution in [0.25, 0.3) is 0 Å². The minimum atomic E-state index is -0.901. The van der Waals surface area contributed by atoms with E-state index < -0.39 is 12.2 Å². The van der Waals surface area contributed by atoms with Gasteiger partial charge in [-0.15, -0.1) is 0 Å². The van der Waals surface area contributed by atoms with Crippen LogP contribution in [-0.2, 0) is 14.3 Å². The van der Waals surface area contributed by atoms with Crippen molar-refractivity contribution in [2.24, 2.45) is 11.5 Å². The van der Waals surface area contributed by atoms with Crippen molar-refractivity contribution in [3.63, 3.8) is 0 Å². The lowest BCUT2D eigenvalue weighted by atomic mass is 10.0. The van der Waals surface area contributed by atoms with Crippen LogP contribution in [0.15, 0.2) is 60.7 Å². The quantitative estimate of drug-likeness (QED) is 0.771. The third kappa shape index (κ3) is 4.32. The monoisotopic (exact) mass is 312 g/mol. The minimum absolute atomic E-state index is 0.169. The third-order valence-electron chi connectivity index (χ3n) is 3.46. The molecule has 0 fully saturated rings. The van der Waals surface area contributed by atoms with Crippen molar-refractivity contribution < 1.29 is 14.3 Å². The summed E-state index contributed by atoms with van der Waals surface area (Å²) in [5.41, 5.74) is 12.3. The first-order valence-corrected chi connectivity index (χ1v) is 7.38. The Kier molecular flexibility index (Phi) is 6.17. The van der Waals surface area contributed by atoms with Crippen LogP contribution in [0.2, 0.25) is 0 Å². The molecule has 23 heavy (non-hydrogen) atoms. The summed E-state index contributed by atoms with van der Waals surface area (Å²) in [6.45, 7) is -0.338. The molecule has 2 rings (SSSR count). The maximum atomic E-state index is 12.2. The van der Waals surface area contributed by atoms with Gasteiger partial charge in [-0.3, -0.25) is 9.59 Å². The van der Waals surface area contributed by atoms with Gasteiger partial charge in [-0.2, -0.15) is 0 Å². The second-order valence-corrected chi connectivity index (χ2v) is 5.06. The van der Waals surface area contributed by atoms with Crippen molar-refractivity contribution in [2.75, 3.05) is 13.1 Å². The summed E-state index contributed by atoms with van der Waals surface area (Å²) in [7, 11) is 0. The topological polar surface area (TPSA) is 95.4 Å². The van der Waals surface area contributed by atoms with Crippen molar-refractivity contribution >= 4 is 11.6 Å². The number of hydrogen-bond donors (Lipinski definition) is 2. The highest BCUT2D eigenvalue weighted by molar-refractivity contribution is 5.88. The molecule has 5 nitrogen and oxygen atoms in total. The molecule has 0 aliphatic carbocycles. The zero-order valence-corrected chi connectivity index (χ0v) is 12.7. The predicted molar refractivity (Wildman–Crippen MR) is 87.6 cm³/mol. The molecule has 2 aromatic rings. The Bertz CT molecular complexity index is 586. The second kappa shape index (κ2) is 8.33. The number of carbonyl (C=O) groups is 2. The average molecular weight is 312 g/mol. The molecule has 0 aromatic heterocycles. The van der Waals surface area contributed by atoms with Crippen molar-refractivity contribution in [1.82, 2.24) is 0 Å². The second-order valence-electron chi connectivity index (χ2n) is 5.06. The summed E-state index contributed by atoms with van der Waals surface area (Å²) in [6.07, 6.45) is -1.80. The Morgan fingerprint density at radius 2 is 1.09 bits per heavy atom. The molecule has 4 N–H and O–H groups in total. The first-order valence-electron chi connectivity index (χ1n) is 7.38. The summed E-state index contributed by atoms with van der Waals surface area (Å²) in [4.78, 5) is 24.4. The van der Waals surface area contributed by atoms with Crippen LogP contribution in [-0.4, -0.2) is 24.7 Å². The van der Waals surface area contributed by atoms with Gasteiger partial charge in [-0.1, -0.05) is 60.7 Å². The van der Waals surface area contributed by atoms with Crippen LogP contribution in [0.5, 0.6) is 0 Å². The molecule has 2 unspecified atom stereocenters. The highest BCUT2D eigenvalue weighted by atomic mass is 16.5. The molecule has 0 amide bonds. The van der Waals surface area contributed by atoms with Gasteiger partial charge in [0.15, 0.2) is 11.6 Å². The largest absolute Gasteiger partial charge is 0.350 e. The molecule has 0 aliphatic heterocycles. The molecule has 0 spiro atoms. The SMILES string of the molecule is NCC(=O)C(OC(C(=O)CN)c1ccccc1)c1ccccc1. The number of benzene rings is 2. The van der Waals surface area contributed by atoms with E-state index in [9.17, 15) is 9.59 Å². The van der Waals surface area contributed by atoms with Crippen LogP contribution in [0.4, 0.5) is 0 Å². The van der Waals surface area contributed by atoms with Crippen LogP contribution < -0.4 is 11.5 Å². The molecule has 5 heteroatoms. The minimum Gasteiger partial charge on any atom is -0.350 e. The molecule has 120 valence electrons. The highest BCUT2D eigenvalue weighted by Gasteiger charge is 2.28. The fraction of sp³-hybridized carbons (Fsp3) is 0.222. The fourth-order valence-electron chi connectivity index (χ4n) is 2.29. The van der Waals surface area contributed by atoms with Gasteiger partial charge in [-0.05, 0) is 11.1 Å². The van der Waals surface area contributed by atoms with Gasteiger partial charge in [0.05, 0.1) is 13.1 Å². The zero-order valence-electron chi connectivity index (χ0n) is 12.7. The van der Waals surface area contributed by atoms with E-state index in [1.807, 2.05) is 12.1 Å². The summed E-state index contributed by atoms with van der Waals surface area (Å²) in [5, 5.41) is 0. The molecular formula is C18H20N2O3. The van der Waals surface area contributed by atoms with Crippen LogP contribution in [0.3, 0.4) is 0 Å². The van der Waals surface area contributed by atoms with Gasteiger partial charge in [0.2, 0.25) is 0 Å². The van der Waals surface area contributed by atoms with Gasteiger partial charge in [0.1, 0.15) is 12.2 Å². The van der Waals surface area contributed by atoms with E-state index in [1.54, 1.807) is 48.5 Å². The summed E-state index contributed by atoms with van der Waals surface area (Å²) >= 11 is 0. The van der Waals surface area contributed by atoms with Crippen molar-refractivity contribution in [3.8, 4) is 0 Å². The maximum absolute atomic E-state index is 12.2. The molecule has 2 atom stereocenters. The number of nitrogens with two attached hydrogens (primary N) is 2. The van der Waals surface area contributed by atoms with E-state index in [1.165, 1.54) is 0 Å². The smallest absolute Gasteiger partial charge is 0.179 e. The van der Waals surface area contributed by atoms with Crippen molar-refractivity contribution in [3.05, 3.63) is 71.8 Å². The number of Topliss-reactive ketones (excluding diaryl/α,β-unsaturated/α-hetero) is 2. The van der Waals surface area contributed by atoms with E-state index >= 15 is 0 Å². The summed E-state index contributed by atoms with van der Waals surface area (Å²) < 4.78 is 5.87. The van der Waals surface area contributed by atoms with Crippen LogP contribution in [0.1, 0.15) is 23.3 Å². The molecule has 0 aliphatic rings. The number of carbonyl (C=O) groups excluding carboxylic acids is 2. The standard InChI is InChI=1S/C18H20N2O3/c19-11-15(21)17(13-7-3-1-4-8-13)23-18(16(22)12-20)14-9-5-2-6-10-14/h1-10,17-18H,11-12,19-20H2. The van der Waals surface area contributed by atoms with E-state index in [-0.39, 0.29) is 24.7 Å². The Labute approximate surface area is 135 Å². The van der Waals surface area contributed by atoms with Gasteiger partial charge >= 0.3 is 0 Å². The lowest BCUT2D eigenvalue weighted by molar-refractivity contribution is -0.143. The number of ketones is 2. The molecule has 0 bridgehead atoms. The zero-order chi connectivity index (χ0) is 16.7. The van der Waals surface area contributed by atoms with E-state index in [4.69, 9.17) is 16.2 Å². The summed E-state index contributed by atoms with van der Waals surface area (Å²) in [5.74, 6) is -0.580. The first-order chi connectivity index (χ1) is 11.2. The van der Waals surface area contributed by atoms with Gasteiger partial charge in [0, 0.05) is 0 Å². The molecular weight excluding hydrogens is 292 g/mol. The number of ether oxygens (including phenoxy) is 1. The number of hydrogen-bond acceptors (Lipinski definition) is 5. The normalized spacial score (nSPS) is 13.3. The highest BCUT2D eigenvalue weighted by Crippen LogP contribution is 2.28. The fourth-order valence-corrected chi connectivity index (χ4v) is 2.29. The average Bonchev–Trinajstić information content (AvgIpc) is 2.63. The van der Waals surface area contributed by atoms with Gasteiger partial charge < -0.3 is 16.2 Å². The van der Waals surface area contributed by atoms with E-state index in [0.717, 1.165) is 0 Å². The maximum Gasteiger partial charge on any atom is 0.179 e. The van der Waals surface area contributed by atoms with Gasteiger partial charge in [0.25, 0.3) is 0 Å². The van der Waals surface area contributed by atoms with Crippen LogP contribution >= 0.6 is 0 Å². The predicted octanol–water partition coefficient (Wildman–Crippen LogP) is 1.54. The Morgan fingerprint density at radius 1 is 0.739 bits per heavy atom. The Hall–Kier alpha value is -2.34.